The second-order valence-electron chi connectivity index (χ2n) is 5.76. The lowest BCUT2D eigenvalue weighted by Gasteiger charge is -2.21. The number of rotatable bonds is 7. The fraction of sp³-hybridized carbons (Fsp3) is 0.375. The molecule has 0 radical (unpaired) electrons. The molecule has 0 fully saturated rings. The summed E-state index contributed by atoms with van der Waals surface area (Å²) in [4.78, 5) is 13.1. The van der Waals surface area contributed by atoms with Gasteiger partial charge >= 0.3 is 0 Å². The van der Waals surface area contributed by atoms with Crippen LogP contribution in [0.5, 0.6) is 0 Å². The van der Waals surface area contributed by atoms with E-state index in [1.165, 1.54) is 12.1 Å². The minimum absolute atomic E-state index is 0.199. The van der Waals surface area contributed by atoms with Gasteiger partial charge in [0.1, 0.15) is 5.82 Å². The lowest BCUT2D eigenvalue weighted by molar-refractivity contribution is -0.119. The van der Waals surface area contributed by atoms with E-state index >= 15 is 0 Å². The Morgan fingerprint density at radius 1 is 1.41 bits per heavy atom. The van der Waals surface area contributed by atoms with E-state index in [1.807, 2.05) is 11.0 Å². The number of primary amides is 1. The Hall–Kier alpha value is -2.21. The van der Waals surface area contributed by atoms with Gasteiger partial charge in [-0.15, -0.1) is 0 Å². The summed E-state index contributed by atoms with van der Waals surface area (Å²) in [6, 6.07) is 8.11. The third kappa shape index (κ3) is 4.66. The van der Waals surface area contributed by atoms with Crippen molar-refractivity contribution in [2.45, 2.75) is 20.4 Å². The number of nitrogens with zero attached hydrogens (tertiary/aromatic N) is 3. The standard InChI is InChI=1S/C16H21FN4O/c1-12(2)9-20(11-16(18)22)10-14-6-7-21(19-14)15-5-3-4-13(17)8-15/h3-8,12H,9-11H2,1-2H3,(H2,18,22). The molecule has 2 N–H and O–H groups in total. The van der Waals surface area contributed by atoms with Crippen LogP contribution in [0.2, 0.25) is 0 Å². The SMILES string of the molecule is CC(C)CN(CC(N)=O)Cc1ccn(-c2cccc(F)c2)n1. The van der Waals surface area contributed by atoms with E-state index < -0.39 is 0 Å². The normalized spacial score (nSPS) is 11.3. The molecule has 1 aromatic heterocycles. The van der Waals surface area contributed by atoms with E-state index in [2.05, 4.69) is 18.9 Å². The summed E-state index contributed by atoms with van der Waals surface area (Å²) in [5.41, 5.74) is 6.76. The van der Waals surface area contributed by atoms with Crippen LogP contribution >= 0.6 is 0 Å². The van der Waals surface area contributed by atoms with E-state index in [0.717, 1.165) is 12.2 Å². The van der Waals surface area contributed by atoms with Crippen LogP contribution < -0.4 is 5.73 Å². The first-order valence-electron chi connectivity index (χ1n) is 7.25. The number of carbonyl (C=O) groups excluding carboxylic acids is 1. The van der Waals surface area contributed by atoms with Gasteiger partial charge in [0.25, 0.3) is 0 Å². The number of benzene rings is 1. The van der Waals surface area contributed by atoms with Crippen molar-refractivity contribution >= 4 is 5.91 Å². The van der Waals surface area contributed by atoms with Gasteiger partial charge in [-0.25, -0.2) is 9.07 Å². The summed E-state index contributed by atoms with van der Waals surface area (Å²) in [5.74, 6) is -0.236. The van der Waals surface area contributed by atoms with Gasteiger partial charge in [0.15, 0.2) is 0 Å². The number of carbonyl (C=O) groups is 1. The zero-order chi connectivity index (χ0) is 16.1. The highest BCUT2D eigenvalue weighted by molar-refractivity contribution is 5.75. The number of hydrogen-bond donors (Lipinski definition) is 1. The van der Waals surface area contributed by atoms with Gasteiger partial charge in [-0.05, 0) is 30.2 Å². The van der Waals surface area contributed by atoms with Gasteiger partial charge in [0.05, 0.1) is 17.9 Å². The highest BCUT2D eigenvalue weighted by Crippen LogP contribution is 2.11. The molecular weight excluding hydrogens is 283 g/mol. The minimum atomic E-state index is -0.356. The van der Waals surface area contributed by atoms with Crippen molar-refractivity contribution in [1.29, 1.82) is 0 Å². The average molecular weight is 304 g/mol. The molecule has 1 amide bonds. The molecule has 0 spiro atoms. The van der Waals surface area contributed by atoms with Gasteiger partial charge < -0.3 is 5.73 Å². The molecule has 0 unspecified atom stereocenters. The molecule has 0 aliphatic heterocycles. The van der Waals surface area contributed by atoms with Crippen LogP contribution in [0, 0.1) is 11.7 Å². The number of amides is 1. The van der Waals surface area contributed by atoms with Crippen LogP contribution in [0.3, 0.4) is 0 Å². The maximum Gasteiger partial charge on any atom is 0.231 e. The van der Waals surface area contributed by atoms with Crippen LogP contribution in [0.1, 0.15) is 19.5 Å². The predicted octanol–water partition coefficient (Wildman–Crippen LogP) is 1.95. The number of nitrogens with two attached hydrogens (primary N) is 1. The monoisotopic (exact) mass is 304 g/mol. The molecule has 2 aromatic rings. The van der Waals surface area contributed by atoms with Gasteiger partial charge in [-0.3, -0.25) is 9.69 Å². The van der Waals surface area contributed by atoms with Crippen molar-refractivity contribution in [2.75, 3.05) is 13.1 Å². The summed E-state index contributed by atoms with van der Waals surface area (Å²) in [6.07, 6.45) is 1.78. The molecule has 0 aliphatic rings. The summed E-state index contributed by atoms with van der Waals surface area (Å²) in [5, 5.41) is 4.43. The molecule has 1 aromatic carbocycles. The Balaban J connectivity index is 2.11. The molecule has 2 rings (SSSR count). The zero-order valence-electron chi connectivity index (χ0n) is 12.9. The fourth-order valence-electron chi connectivity index (χ4n) is 2.36. The molecular formula is C16H21FN4O. The van der Waals surface area contributed by atoms with E-state index in [4.69, 9.17) is 5.73 Å². The molecule has 22 heavy (non-hydrogen) atoms. The van der Waals surface area contributed by atoms with Crippen LogP contribution in [0.25, 0.3) is 5.69 Å². The average Bonchev–Trinajstić information content (AvgIpc) is 2.85. The Labute approximate surface area is 129 Å². The lowest BCUT2D eigenvalue weighted by Crippen LogP contribution is -2.35. The van der Waals surface area contributed by atoms with Crippen molar-refractivity contribution in [1.82, 2.24) is 14.7 Å². The van der Waals surface area contributed by atoms with Gasteiger partial charge in [-0.1, -0.05) is 19.9 Å². The summed E-state index contributed by atoms with van der Waals surface area (Å²) in [6.45, 7) is 5.66. The van der Waals surface area contributed by atoms with Gasteiger partial charge in [-0.2, -0.15) is 5.10 Å². The Bertz CT molecular complexity index is 639. The smallest absolute Gasteiger partial charge is 0.231 e. The Morgan fingerprint density at radius 3 is 2.82 bits per heavy atom. The predicted molar refractivity (Wildman–Crippen MR) is 82.8 cm³/mol. The molecule has 0 atom stereocenters. The number of halogens is 1. The maximum absolute atomic E-state index is 13.3. The Morgan fingerprint density at radius 2 is 2.18 bits per heavy atom. The summed E-state index contributed by atoms with van der Waals surface area (Å²) >= 11 is 0. The largest absolute Gasteiger partial charge is 0.369 e. The highest BCUT2D eigenvalue weighted by atomic mass is 19.1. The molecule has 0 bridgehead atoms. The first-order chi connectivity index (χ1) is 10.4. The third-order valence-electron chi connectivity index (χ3n) is 3.11. The highest BCUT2D eigenvalue weighted by Gasteiger charge is 2.13. The summed E-state index contributed by atoms with van der Waals surface area (Å²) < 4.78 is 14.9. The van der Waals surface area contributed by atoms with Crippen LogP contribution in [0.4, 0.5) is 4.39 Å². The van der Waals surface area contributed by atoms with E-state index in [0.29, 0.717) is 18.2 Å². The van der Waals surface area contributed by atoms with Gasteiger partial charge in [0.2, 0.25) is 5.91 Å². The molecule has 0 saturated heterocycles. The first-order valence-corrected chi connectivity index (χ1v) is 7.25. The molecule has 0 aliphatic carbocycles. The van der Waals surface area contributed by atoms with Crippen LogP contribution in [-0.4, -0.2) is 33.7 Å². The second kappa shape index (κ2) is 7.17. The second-order valence-corrected chi connectivity index (χ2v) is 5.76. The molecule has 118 valence electrons. The minimum Gasteiger partial charge on any atom is -0.369 e. The van der Waals surface area contributed by atoms with E-state index in [9.17, 15) is 9.18 Å². The zero-order valence-corrected chi connectivity index (χ0v) is 12.9. The molecule has 1 heterocycles. The van der Waals surface area contributed by atoms with Gasteiger partial charge in [0, 0.05) is 19.3 Å². The number of hydrogen-bond acceptors (Lipinski definition) is 3. The number of aromatic nitrogens is 2. The van der Waals surface area contributed by atoms with Crippen molar-refractivity contribution < 1.29 is 9.18 Å². The van der Waals surface area contributed by atoms with Crippen molar-refractivity contribution in [3.8, 4) is 5.69 Å². The maximum atomic E-state index is 13.3. The van der Waals surface area contributed by atoms with Crippen molar-refractivity contribution in [2.24, 2.45) is 11.7 Å². The molecule has 6 heteroatoms. The third-order valence-corrected chi connectivity index (χ3v) is 3.11. The van der Waals surface area contributed by atoms with E-state index in [-0.39, 0.29) is 18.3 Å². The lowest BCUT2D eigenvalue weighted by atomic mass is 10.2. The van der Waals surface area contributed by atoms with Crippen LogP contribution in [0.15, 0.2) is 36.5 Å². The summed E-state index contributed by atoms with van der Waals surface area (Å²) in [7, 11) is 0. The molecule has 0 saturated carbocycles. The van der Waals surface area contributed by atoms with Crippen molar-refractivity contribution in [3.05, 3.63) is 48.0 Å². The first kappa shape index (κ1) is 16.2. The quantitative estimate of drug-likeness (QED) is 0.850. The topological polar surface area (TPSA) is 64.2 Å². The Kier molecular flexibility index (Phi) is 5.27. The van der Waals surface area contributed by atoms with Crippen LogP contribution in [-0.2, 0) is 11.3 Å². The molecule has 5 nitrogen and oxygen atoms in total. The van der Waals surface area contributed by atoms with Crippen molar-refractivity contribution in [3.63, 3.8) is 0 Å². The van der Waals surface area contributed by atoms with E-state index in [1.54, 1.807) is 23.0 Å². The fourth-order valence-corrected chi connectivity index (χ4v) is 2.36.